The Kier molecular flexibility index (Phi) is 7.08. The highest BCUT2D eigenvalue weighted by Gasteiger charge is 2.39. The molecule has 1 aliphatic heterocycles. The molecule has 4 rings (SSSR count). The fraction of sp³-hybridized carbons (Fsp3) is 0.682. The molecule has 0 bridgehead atoms. The molecule has 1 aromatic carbocycles. The van der Waals surface area contributed by atoms with Crippen LogP contribution in [0.15, 0.2) is 24.3 Å². The molecule has 1 aromatic rings. The summed E-state index contributed by atoms with van der Waals surface area (Å²) in [6.45, 7) is 1.43. The number of hydrogen-bond acceptors (Lipinski definition) is 6. The maximum Gasteiger partial charge on any atom is 0.214 e. The van der Waals surface area contributed by atoms with Gasteiger partial charge in [0.05, 0.1) is 18.0 Å². The molecule has 30 heavy (non-hydrogen) atoms. The molecule has 0 aromatic heterocycles. The number of para-hydroxylation sites is 1. The van der Waals surface area contributed by atoms with E-state index in [9.17, 15) is 13.2 Å². The number of aldehydes is 1. The van der Waals surface area contributed by atoms with Gasteiger partial charge in [0.1, 0.15) is 12.4 Å². The van der Waals surface area contributed by atoms with E-state index in [2.05, 4.69) is 16.1 Å². The largest absolute Gasteiger partial charge is 0.486 e. The summed E-state index contributed by atoms with van der Waals surface area (Å²) in [5.41, 5.74) is 1.17. The van der Waals surface area contributed by atoms with Crippen LogP contribution in [0.5, 0.6) is 5.75 Å². The van der Waals surface area contributed by atoms with Gasteiger partial charge in [0.15, 0.2) is 6.29 Å². The van der Waals surface area contributed by atoms with Gasteiger partial charge >= 0.3 is 0 Å². The molecule has 3 aliphatic rings. The Morgan fingerprint density at radius 1 is 1.07 bits per heavy atom. The van der Waals surface area contributed by atoms with Crippen molar-refractivity contribution >= 4 is 16.3 Å². The lowest BCUT2D eigenvalue weighted by atomic mass is 9.82. The van der Waals surface area contributed by atoms with Gasteiger partial charge < -0.3 is 14.8 Å². The maximum absolute atomic E-state index is 12.3. The van der Waals surface area contributed by atoms with Gasteiger partial charge in [-0.2, -0.15) is 0 Å². The quantitative estimate of drug-likeness (QED) is 0.546. The van der Waals surface area contributed by atoms with E-state index in [0.29, 0.717) is 12.5 Å². The topological polar surface area (TPSA) is 93.7 Å². The fourth-order valence-electron chi connectivity index (χ4n) is 4.62. The zero-order valence-corrected chi connectivity index (χ0v) is 18.1. The summed E-state index contributed by atoms with van der Waals surface area (Å²) in [4.78, 5) is 10.6. The number of hydrogen-bond donors (Lipinski definition) is 2. The molecule has 0 unspecified atom stereocenters. The van der Waals surface area contributed by atoms with Crippen LogP contribution in [0, 0.1) is 0 Å². The van der Waals surface area contributed by atoms with Gasteiger partial charge in [-0.15, -0.1) is 0 Å². The van der Waals surface area contributed by atoms with Gasteiger partial charge in [-0.1, -0.05) is 18.2 Å². The van der Waals surface area contributed by atoms with Crippen LogP contribution in [0.4, 0.5) is 0 Å². The number of carbonyl (C=O) groups excluding carboxylic acids is 1. The van der Waals surface area contributed by atoms with Gasteiger partial charge in [0.2, 0.25) is 10.0 Å². The van der Waals surface area contributed by atoms with Gasteiger partial charge in [-0.05, 0) is 69.0 Å². The van der Waals surface area contributed by atoms with Crippen LogP contribution in [-0.4, -0.2) is 57.9 Å². The van der Waals surface area contributed by atoms with Gasteiger partial charge in [-0.3, -0.25) is 4.79 Å². The first-order valence-electron chi connectivity index (χ1n) is 11.1. The monoisotopic (exact) mass is 436 g/mol. The van der Waals surface area contributed by atoms with Crippen molar-refractivity contribution in [2.45, 2.75) is 74.3 Å². The lowest BCUT2D eigenvalue weighted by molar-refractivity contribution is -0.109. The second-order valence-electron chi connectivity index (χ2n) is 8.64. The van der Waals surface area contributed by atoms with Crippen molar-refractivity contribution in [2.24, 2.45) is 0 Å². The van der Waals surface area contributed by atoms with E-state index in [4.69, 9.17) is 9.47 Å². The van der Waals surface area contributed by atoms with Crippen LogP contribution in [0.2, 0.25) is 0 Å². The Hall–Kier alpha value is -1.48. The summed E-state index contributed by atoms with van der Waals surface area (Å²) in [5, 5.41) is 3.21. The lowest BCUT2D eigenvalue weighted by Gasteiger charge is -2.31. The first kappa shape index (κ1) is 21.7. The van der Waals surface area contributed by atoms with Crippen LogP contribution in [-0.2, 0) is 19.6 Å². The highest BCUT2D eigenvalue weighted by molar-refractivity contribution is 7.90. The van der Waals surface area contributed by atoms with Gasteiger partial charge in [-0.25, -0.2) is 13.1 Å². The maximum atomic E-state index is 12.3. The third kappa shape index (κ3) is 5.41. The molecule has 2 atom stereocenters. The summed E-state index contributed by atoms with van der Waals surface area (Å²) in [5.74, 6) is 1.21. The fourth-order valence-corrected chi connectivity index (χ4v) is 6.28. The molecule has 0 amide bonds. The molecular weight excluding hydrogens is 404 g/mol. The molecule has 0 radical (unpaired) electrons. The Morgan fingerprint density at radius 3 is 2.57 bits per heavy atom. The summed E-state index contributed by atoms with van der Waals surface area (Å²) in [6.07, 6.45) is 7.32. The number of rotatable bonds is 10. The zero-order valence-electron chi connectivity index (χ0n) is 17.3. The second-order valence-corrected chi connectivity index (χ2v) is 10.6. The average Bonchev–Trinajstić information content (AvgIpc) is 3.54. The minimum atomic E-state index is -3.17. The van der Waals surface area contributed by atoms with Crippen LogP contribution in [0.25, 0.3) is 0 Å². The van der Waals surface area contributed by atoms with Gasteiger partial charge in [0, 0.05) is 12.1 Å². The number of sulfonamides is 1. The van der Waals surface area contributed by atoms with Crippen molar-refractivity contribution in [2.75, 3.05) is 19.8 Å². The highest BCUT2D eigenvalue weighted by atomic mass is 32.2. The normalized spacial score (nSPS) is 29.6. The van der Waals surface area contributed by atoms with Crippen molar-refractivity contribution in [3.05, 3.63) is 29.8 Å². The zero-order chi connectivity index (χ0) is 21.0. The molecule has 2 N–H and O–H groups in total. The first-order chi connectivity index (χ1) is 14.6. The lowest BCUT2D eigenvalue weighted by Crippen LogP contribution is -2.47. The summed E-state index contributed by atoms with van der Waals surface area (Å²) >= 11 is 0. The standard InChI is InChI=1S/C22H32N2O5S/c25-13-14-28-22-4-2-1-3-19(22)16-5-7-17(8-6-16)29-15-21-20(11-12-23-21)24-30(26,27)18-9-10-18/h1-4,13,16-18,20-21,23-24H,5-12,14-15H2/t16-,17+,20-,21-/m0/s1. The molecule has 8 heteroatoms. The third-order valence-electron chi connectivity index (χ3n) is 6.48. The van der Waals surface area contributed by atoms with Gasteiger partial charge in [0.25, 0.3) is 0 Å². The average molecular weight is 437 g/mol. The minimum absolute atomic E-state index is 0.0358. The summed E-state index contributed by atoms with van der Waals surface area (Å²) in [7, 11) is -3.17. The molecule has 1 heterocycles. The summed E-state index contributed by atoms with van der Waals surface area (Å²) in [6, 6.07) is 7.92. The number of ether oxygens (including phenoxy) is 2. The molecule has 2 aliphatic carbocycles. The SMILES string of the molecule is O=CCOc1ccccc1[C@H]1CC[C@@H](OC[C@@H]2NCC[C@@H]2NS(=O)(=O)C2CC2)CC1. The Bertz CT molecular complexity index is 819. The van der Waals surface area contributed by atoms with Crippen molar-refractivity contribution < 1.29 is 22.7 Å². The molecule has 7 nitrogen and oxygen atoms in total. The molecular formula is C22H32N2O5S. The van der Waals surface area contributed by atoms with E-state index in [1.165, 1.54) is 5.56 Å². The Labute approximate surface area is 179 Å². The summed E-state index contributed by atoms with van der Waals surface area (Å²) < 4.78 is 39.2. The van der Waals surface area contributed by atoms with E-state index >= 15 is 0 Å². The Balaban J connectivity index is 1.25. The molecule has 0 spiro atoms. The molecule has 3 fully saturated rings. The minimum Gasteiger partial charge on any atom is -0.486 e. The van der Waals surface area contributed by atoms with Crippen molar-refractivity contribution in [3.63, 3.8) is 0 Å². The van der Waals surface area contributed by atoms with Crippen molar-refractivity contribution in [3.8, 4) is 5.75 Å². The highest BCUT2D eigenvalue weighted by Crippen LogP contribution is 2.38. The number of nitrogens with one attached hydrogen (secondary N) is 2. The molecule has 166 valence electrons. The van der Waals surface area contributed by atoms with Crippen LogP contribution >= 0.6 is 0 Å². The van der Waals surface area contributed by atoms with E-state index in [1.807, 2.05) is 18.2 Å². The van der Waals surface area contributed by atoms with E-state index < -0.39 is 10.0 Å². The van der Waals surface area contributed by atoms with Crippen LogP contribution in [0.1, 0.15) is 56.4 Å². The molecule has 1 saturated heterocycles. The third-order valence-corrected chi connectivity index (χ3v) is 8.46. The predicted molar refractivity (Wildman–Crippen MR) is 114 cm³/mol. The number of benzene rings is 1. The van der Waals surface area contributed by atoms with Crippen LogP contribution < -0.4 is 14.8 Å². The smallest absolute Gasteiger partial charge is 0.214 e. The first-order valence-corrected chi connectivity index (χ1v) is 12.6. The van der Waals surface area contributed by atoms with E-state index in [0.717, 1.165) is 63.5 Å². The van der Waals surface area contributed by atoms with Crippen molar-refractivity contribution in [1.82, 2.24) is 10.0 Å². The second kappa shape index (κ2) is 9.77. The van der Waals surface area contributed by atoms with E-state index in [-0.39, 0.29) is 30.0 Å². The Morgan fingerprint density at radius 2 is 1.83 bits per heavy atom. The predicted octanol–water partition coefficient (Wildman–Crippen LogP) is 2.12. The van der Waals surface area contributed by atoms with E-state index in [1.54, 1.807) is 0 Å². The number of carbonyl (C=O) groups is 1. The van der Waals surface area contributed by atoms with Crippen molar-refractivity contribution in [1.29, 1.82) is 0 Å². The molecule has 2 saturated carbocycles. The van der Waals surface area contributed by atoms with Crippen LogP contribution in [0.3, 0.4) is 0 Å².